The van der Waals surface area contributed by atoms with Crippen LogP contribution in [-0.4, -0.2) is 39.9 Å². The van der Waals surface area contributed by atoms with Gasteiger partial charge < -0.3 is 10.2 Å². The zero-order chi connectivity index (χ0) is 18.6. The highest BCUT2D eigenvalue weighted by atomic mass is 32.2. The van der Waals surface area contributed by atoms with Crippen molar-refractivity contribution in [3.05, 3.63) is 47.8 Å². The molecule has 7 nitrogen and oxygen atoms in total. The van der Waals surface area contributed by atoms with Crippen LogP contribution >= 0.6 is 11.3 Å². The molecule has 0 radical (unpaired) electrons. The lowest BCUT2D eigenvalue weighted by molar-refractivity contribution is -0.126. The molecule has 2 N–H and O–H groups in total. The van der Waals surface area contributed by atoms with Gasteiger partial charge in [-0.25, -0.2) is 13.1 Å². The van der Waals surface area contributed by atoms with Crippen molar-refractivity contribution in [3.8, 4) is 0 Å². The molecule has 0 saturated carbocycles. The molecular weight excluding hydrogens is 374 g/mol. The summed E-state index contributed by atoms with van der Waals surface area (Å²) in [4.78, 5) is 26.0. The van der Waals surface area contributed by atoms with Crippen LogP contribution in [0.4, 0.5) is 5.69 Å². The molecule has 1 atom stereocenters. The predicted octanol–water partition coefficient (Wildman–Crippen LogP) is 1.20. The third-order valence-electron chi connectivity index (χ3n) is 4.04. The van der Waals surface area contributed by atoms with Crippen molar-refractivity contribution < 1.29 is 18.0 Å². The Balaban J connectivity index is 1.47. The van der Waals surface area contributed by atoms with E-state index in [0.29, 0.717) is 6.54 Å². The molecule has 2 amide bonds. The lowest BCUT2D eigenvalue weighted by Crippen LogP contribution is -2.38. The van der Waals surface area contributed by atoms with Gasteiger partial charge in [0, 0.05) is 31.7 Å². The first kappa shape index (κ1) is 18.6. The monoisotopic (exact) mass is 393 g/mol. The summed E-state index contributed by atoms with van der Waals surface area (Å²) >= 11 is 1.13. The van der Waals surface area contributed by atoms with Crippen molar-refractivity contribution >= 4 is 38.9 Å². The summed E-state index contributed by atoms with van der Waals surface area (Å²) in [5, 5.41) is 4.38. The molecule has 1 unspecified atom stereocenters. The van der Waals surface area contributed by atoms with Crippen molar-refractivity contribution in [3.63, 3.8) is 0 Å². The number of hydrogen-bond acceptors (Lipinski definition) is 5. The fourth-order valence-corrected chi connectivity index (χ4v) is 4.81. The van der Waals surface area contributed by atoms with Gasteiger partial charge in [-0.2, -0.15) is 0 Å². The molecule has 138 valence electrons. The Bertz CT molecular complexity index is 867. The van der Waals surface area contributed by atoms with Crippen LogP contribution in [0.5, 0.6) is 0 Å². The van der Waals surface area contributed by atoms with E-state index in [0.717, 1.165) is 17.0 Å². The van der Waals surface area contributed by atoms with Crippen LogP contribution in [0.25, 0.3) is 0 Å². The largest absolute Gasteiger partial charge is 0.354 e. The molecule has 1 aliphatic heterocycles. The van der Waals surface area contributed by atoms with E-state index in [4.69, 9.17) is 0 Å². The number of hydrogen-bond donors (Lipinski definition) is 2. The molecule has 3 rings (SSSR count). The van der Waals surface area contributed by atoms with Gasteiger partial charge in [0.25, 0.3) is 0 Å². The minimum atomic E-state index is -3.53. The third kappa shape index (κ3) is 4.29. The number of nitrogens with zero attached hydrogens (tertiary/aromatic N) is 1. The van der Waals surface area contributed by atoms with Crippen LogP contribution < -0.4 is 14.9 Å². The smallest absolute Gasteiger partial charge is 0.250 e. The maximum Gasteiger partial charge on any atom is 0.250 e. The van der Waals surface area contributed by atoms with Crippen LogP contribution in [0.15, 0.2) is 52.1 Å². The Labute approximate surface area is 156 Å². The minimum Gasteiger partial charge on any atom is -0.354 e. The molecule has 1 fully saturated rings. The molecule has 2 aromatic rings. The Morgan fingerprint density at radius 3 is 2.62 bits per heavy atom. The van der Waals surface area contributed by atoms with Gasteiger partial charge in [-0.15, -0.1) is 11.3 Å². The van der Waals surface area contributed by atoms with Gasteiger partial charge in [-0.1, -0.05) is 24.3 Å². The summed E-state index contributed by atoms with van der Waals surface area (Å²) in [6.07, 6.45) is 0.154. The standard InChI is InChI=1S/C17H19N3O4S2/c21-15-11-13(12-20(15)14-5-2-1-3-6-14)17(22)18-8-9-19-26(23,24)16-7-4-10-25-16/h1-7,10,13,19H,8-9,11-12H2,(H,18,22). The number of anilines is 1. The minimum absolute atomic E-state index is 0.0882. The maximum atomic E-state index is 12.3. The van der Waals surface area contributed by atoms with Gasteiger partial charge in [0.2, 0.25) is 21.8 Å². The van der Waals surface area contributed by atoms with E-state index < -0.39 is 15.9 Å². The molecule has 1 saturated heterocycles. The van der Waals surface area contributed by atoms with Gasteiger partial charge in [0.15, 0.2) is 0 Å². The molecule has 0 spiro atoms. The number of sulfonamides is 1. The van der Waals surface area contributed by atoms with E-state index in [2.05, 4.69) is 10.0 Å². The highest BCUT2D eigenvalue weighted by Gasteiger charge is 2.34. The van der Waals surface area contributed by atoms with Crippen molar-refractivity contribution in [2.24, 2.45) is 5.92 Å². The molecule has 26 heavy (non-hydrogen) atoms. The number of rotatable bonds is 7. The van der Waals surface area contributed by atoms with Crippen molar-refractivity contribution in [1.29, 1.82) is 0 Å². The lowest BCUT2D eigenvalue weighted by Gasteiger charge is -2.16. The fourth-order valence-electron chi connectivity index (χ4n) is 2.74. The molecular formula is C17H19N3O4S2. The van der Waals surface area contributed by atoms with Crippen LogP contribution in [0.1, 0.15) is 6.42 Å². The Morgan fingerprint density at radius 1 is 1.15 bits per heavy atom. The molecule has 2 heterocycles. The maximum absolute atomic E-state index is 12.3. The molecule has 1 aliphatic rings. The first-order valence-corrected chi connectivity index (χ1v) is 10.5. The Kier molecular flexibility index (Phi) is 5.70. The summed E-state index contributed by atoms with van der Waals surface area (Å²) in [7, 11) is -3.53. The van der Waals surface area contributed by atoms with E-state index in [9.17, 15) is 18.0 Å². The SMILES string of the molecule is O=C(NCCNS(=O)(=O)c1cccs1)C1CC(=O)N(c2ccccc2)C1. The van der Waals surface area contributed by atoms with E-state index in [1.807, 2.05) is 30.3 Å². The van der Waals surface area contributed by atoms with Crippen LogP contribution in [-0.2, 0) is 19.6 Å². The summed E-state index contributed by atoms with van der Waals surface area (Å²) in [6, 6.07) is 12.4. The summed E-state index contributed by atoms with van der Waals surface area (Å²) in [5.74, 6) is -0.765. The topological polar surface area (TPSA) is 95.6 Å². The first-order valence-electron chi connectivity index (χ1n) is 8.13. The zero-order valence-corrected chi connectivity index (χ0v) is 15.6. The normalized spacial score (nSPS) is 17.5. The van der Waals surface area contributed by atoms with Crippen molar-refractivity contribution in [2.75, 3.05) is 24.5 Å². The summed E-state index contributed by atoms with van der Waals surface area (Å²) < 4.78 is 26.6. The second kappa shape index (κ2) is 7.98. The van der Waals surface area contributed by atoms with Crippen molar-refractivity contribution in [2.45, 2.75) is 10.6 Å². The highest BCUT2D eigenvalue weighted by Crippen LogP contribution is 2.24. The molecule has 0 aliphatic carbocycles. The van der Waals surface area contributed by atoms with Gasteiger partial charge in [0.1, 0.15) is 4.21 Å². The number of benzene rings is 1. The van der Waals surface area contributed by atoms with Crippen LogP contribution in [0.3, 0.4) is 0 Å². The third-order valence-corrected chi connectivity index (χ3v) is 6.90. The number of carbonyl (C=O) groups excluding carboxylic acids is 2. The lowest BCUT2D eigenvalue weighted by atomic mass is 10.1. The van der Waals surface area contributed by atoms with Crippen LogP contribution in [0, 0.1) is 5.92 Å². The summed E-state index contributed by atoms with van der Waals surface area (Å²) in [5.41, 5.74) is 0.775. The van der Waals surface area contributed by atoms with E-state index in [1.54, 1.807) is 16.3 Å². The number of para-hydroxylation sites is 1. The van der Waals surface area contributed by atoms with E-state index in [1.165, 1.54) is 6.07 Å². The average Bonchev–Trinajstić information content (AvgIpc) is 3.29. The second-order valence-corrected chi connectivity index (χ2v) is 8.80. The van der Waals surface area contributed by atoms with Gasteiger partial charge >= 0.3 is 0 Å². The second-order valence-electron chi connectivity index (χ2n) is 5.86. The number of carbonyl (C=O) groups is 2. The molecule has 1 aromatic carbocycles. The van der Waals surface area contributed by atoms with Crippen molar-refractivity contribution in [1.82, 2.24) is 10.0 Å². The number of thiophene rings is 1. The van der Waals surface area contributed by atoms with Crippen LogP contribution in [0.2, 0.25) is 0 Å². The van der Waals surface area contributed by atoms with Gasteiger partial charge in [-0.05, 0) is 23.6 Å². The van der Waals surface area contributed by atoms with Gasteiger partial charge in [-0.3, -0.25) is 9.59 Å². The molecule has 9 heteroatoms. The average molecular weight is 393 g/mol. The quantitative estimate of drug-likeness (QED) is 0.691. The Morgan fingerprint density at radius 2 is 1.92 bits per heavy atom. The van der Waals surface area contributed by atoms with Gasteiger partial charge in [0.05, 0.1) is 5.92 Å². The Hall–Kier alpha value is -2.23. The van der Waals surface area contributed by atoms with E-state index >= 15 is 0 Å². The molecule has 1 aromatic heterocycles. The first-order chi connectivity index (χ1) is 12.5. The predicted molar refractivity (Wildman–Crippen MR) is 99.4 cm³/mol. The fraction of sp³-hybridized carbons (Fsp3) is 0.294. The zero-order valence-electron chi connectivity index (χ0n) is 13.9. The molecule has 0 bridgehead atoms. The summed E-state index contributed by atoms with van der Waals surface area (Å²) in [6.45, 7) is 0.587. The number of amides is 2. The highest BCUT2D eigenvalue weighted by molar-refractivity contribution is 7.91. The number of nitrogens with one attached hydrogen (secondary N) is 2. The van der Waals surface area contributed by atoms with E-state index in [-0.39, 0.29) is 35.5 Å².